The summed E-state index contributed by atoms with van der Waals surface area (Å²) in [6, 6.07) is 13.3. The molecule has 0 aliphatic carbocycles. The van der Waals surface area contributed by atoms with Crippen LogP contribution in [0.2, 0.25) is 0 Å². The molecule has 0 saturated heterocycles. The number of methoxy groups -OCH3 is 2. The van der Waals surface area contributed by atoms with E-state index < -0.39 is 5.60 Å². The van der Waals surface area contributed by atoms with Crippen molar-refractivity contribution in [3.8, 4) is 28.7 Å². The Hall–Kier alpha value is -2.60. The predicted molar refractivity (Wildman–Crippen MR) is 98.9 cm³/mol. The zero-order valence-corrected chi connectivity index (χ0v) is 15.4. The third-order valence-electron chi connectivity index (χ3n) is 4.15. The summed E-state index contributed by atoms with van der Waals surface area (Å²) in [5.41, 5.74) is -0.420. The first-order chi connectivity index (χ1) is 12.6. The molecule has 1 heterocycles. The lowest BCUT2D eigenvalue weighted by molar-refractivity contribution is 0.00660. The third kappa shape index (κ3) is 4.14. The molecule has 1 N–H and O–H groups in total. The fourth-order valence-electron chi connectivity index (χ4n) is 2.80. The fraction of sp³-hybridized carbons (Fsp3) is 0.400. The molecule has 0 aromatic heterocycles. The first-order valence-electron chi connectivity index (χ1n) is 8.60. The van der Waals surface area contributed by atoms with Gasteiger partial charge in [0.2, 0.25) is 5.75 Å². The number of benzene rings is 2. The first-order valence-corrected chi connectivity index (χ1v) is 8.60. The van der Waals surface area contributed by atoms with Crippen molar-refractivity contribution in [2.75, 3.05) is 40.5 Å². The summed E-state index contributed by atoms with van der Waals surface area (Å²) < 4.78 is 28.4. The molecule has 6 heteroatoms. The van der Waals surface area contributed by atoms with Crippen LogP contribution in [-0.4, -0.2) is 46.1 Å². The van der Waals surface area contributed by atoms with Gasteiger partial charge in [-0.15, -0.1) is 0 Å². The topological polar surface area (TPSA) is 58.2 Å². The van der Waals surface area contributed by atoms with Gasteiger partial charge in [0.25, 0.3) is 0 Å². The van der Waals surface area contributed by atoms with Crippen molar-refractivity contribution >= 4 is 0 Å². The number of hydrogen-bond acceptors (Lipinski definition) is 6. The van der Waals surface area contributed by atoms with Gasteiger partial charge in [0.1, 0.15) is 13.2 Å². The summed E-state index contributed by atoms with van der Waals surface area (Å²) in [5, 5.41) is 3.36. The maximum atomic E-state index is 6.09. The van der Waals surface area contributed by atoms with E-state index >= 15 is 0 Å². The highest BCUT2D eigenvalue weighted by Crippen LogP contribution is 2.37. The molecule has 0 fully saturated rings. The second-order valence-electron chi connectivity index (χ2n) is 6.30. The predicted octanol–water partition coefficient (Wildman–Crippen LogP) is 2.90. The Morgan fingerprint density at radius 3 is 2.38 bits per heavy atom. The normalized spacial score (nSPS) is 18.3. The Bertz CT molecular complexity index is 714. The quantitative estimate of drug-likeness (QED) is 0.732. The zero-order valence-electron chi connectivity index (χ0n) is 15.4. The molecule has 1 aliphatic heterocycles. The monoisotopic (exact) mass is 359 g/mol. The van der Waals surface area contributed by atoms with Gasteiger partial charge in [0, 0.05) is 13.1 Å². The van der Waals surface area contributed by atoms with Crippen molar-refractivity contribution < 1.29 is 23.7 Å². The van der Waals surface area contributed by atoms with Gasteiger partial charge in [0.05, 0.1) is 14.2 Å². The van der Waals surface area contributed by atoms with Crippen molar-refractivity contribution in [1.29, 1.82) is 0 Å². The van der Waals surface area contributed by atoms with E-state index in [1.807, 2.05) is 49.4 Å². The molecule has 0 bridgehead atoms. The number of hydrogen-bond donors (Lipinski definition) is 1. The summed E-state index contributed by atoms with van der Waals surface area (Å²) >= 11 is 0. The van der Waals surface area contributed by atoms with Gasteiger partial charge in [-0.25, -0.2) is 0 Å². The molecule has 0 amide bonds. The highest BCUT2D eigenvalue weighted by atomic mass is 16.6. The average molecular weight is 359 g/mol. The highest BCUT2D eigenvalue weighted by molar-refractivity contribution is 5.51. The van der Waals surface area contributed by atoms with Crippen molar-refractivity contribution in [3.63, 3.8) is 0 Å². The summed E-state index contributed by atoms with van der Waals surface area (Å²) in [6.45, 7) is 4.30. The maximum absolute atomic E-state index is 6.09. The van der Waals surface area contributed by atoms with Crippen LogP contribution in [0.15, 0.2) is 42.5 Å². The van der Waals surface area contributed by atoms with Gasteiger partial charge in [-0.2, -0.15) is 0 Å². The summed E-state index contributed by atoms with van der Waals surface area (Å²) in [6.07, 6.45) is 0. The van der Waals surface area contributed by atoms with E-state index in [1.54, 1.807) is 14.2 Å². The molecule has 3 rings (SSSR count). The molecule has 0 radical (unpaired) electrons. The number of rotatable bonds is 8. The molecule has 0 saturated carbocycles. The smallest absolute Gasteiger partial charge is 0.203 e. The summed E-state index contributed by atoms with van der Waals surface area (Å²) in [5.74, 6) is 3.47. The van der Waals surface area contributed by atoms with Gasteiger partial charge >= 0.3 is 0 Å². The SMILES string of the molecule is COc1cccc(OC)c1OCCNCC1(C)COc2ccccc2O1. The lowest BCUT2D eigenvalue weighted by Crippen LogP contribution is -2.50. The Labute approximate surface area is 154 Å². The number of nitrogens with one attached hydrogen (secondary N) is 1. The summed E-state index contributed by atoms with van der Waals surface area (Å²) in [4.78, 5) is 0. The third-order valence-corrected chi connectivity index (χ3v) is 4.15. The molecule has 1 unspecified atom stereocenters. The molecule has 6 nitrogen and oxygen atoms in total. The van der Waals surface area contributed by atoms with Crippen molar-refractivity contribution in [1.82, 2.24) is 5.32 Å². The van der Waals surface area contributed by atoms with E-state index in [1.165, 1.54) is 0 Å². The average Bonchev–Trinajstić information content (AvgIpc) is 2.67. The Morgan fingerprint density at radius 1 is 1.00 bits per heavy atom. The van der Waals surface area contributed by atoms with Crippen molar-refractivity contribution in [3.05, 3.63) is 42.5 Å². The van der Waals surface area contributed by atoms with Crippen molar-refractivity contribution in [2.45, 2.75) is 12.5 Å². The largest absolute Gasteiger partial charge is 0.493 e. The Balaban J connectivity index is 1.48. The number of para-hydroxylation sites is 3. The highest BCUT2D eigenvalue weighted by Gasteiger charge is 2.32. The molecule has 0 spiro atoms. The van der Waals surface area contributed by atoms with Crippen LogP contribution in [0.5, 0.6) is 28.7 Å². The van der Waals surface area contributed by atoms with Crippen LogP contribution in [0.25, 0.3) is 0 Å². The zero-order chi connectivity index (χ0) is 18.4. The standard InChI is InChI=1S/C20H25NO5/c1-20(14-25-15-7-4-5-8-16(15)26-20)13-21-11-12-24-19-17(22-2)9-6-10-18(19)23-3/h4-10,21H,11-14H2,1-3H3. The molecular formula is C20H25NO5. The van der Waals surface area contributed by atoms with Crippen LogP contribution in [0.3, 0.4) is 0 Å². The van der Waals surface area contributed by atoms with Crippen LogP contribution in [0, 0.1) is 0 Å². The Morgan fingerprint density at radius 2 is 1.69 bits per heavy atom. The van der Waals surface area contributed by atoms with Gasteiger partial charge in [-0.05, 0) is 31.2 Å². The van der Waals surface area contributed by atoms with E-state index in [9.17, 15) is 0 Å². The van der Waals surface area contributed by atoms with Gasteiger partial charge < -0.3 is 29.0 Å². The van der Waals surface area contributed by atoms with E-state index in [0.29, 0.717) is 43.6 Å². The van der Waals surface area contributed by atoms with Crippen LogP contribution in [0.1, 0.15) is 6.92 Å². The minimum absolute atomic E-state index is 0.420. The lowest BCUT2D eigenvalue weighted by atomic mass is 10.1. The summed E-state index contributed by atoms with van der Waals surface area (Å²) in [7, 11) is 3.22. The van der Waals surface area contributed by atoms with E-state index in [4.69, 9.17) is 23.7 Å². The lowest BCUT2D eigenvalue weighted by Gasteiger charge is -2.35. The molecule has 1 atom stereocenters. The fourth-order valence-corrected chi connectivity index (χ4v) is 2.80. The van der Waals surface area contributed by atoms with Crippen LogP contribution < -0.4 is 29.0 Å². The second-order valence-corrected chi connectivity index (χ2v) is 6.30. The molecule has 2 aromatic carbocycles. The van der Waals surface area contributed by atoms with Gasteiger partial charge in [-0.1, -0.05) is 18.2 Å². The minimum atomic E-state index is -0.420. The molecule has 140 valence electrons. The number of ether oxygens (including phenoxy) is 5. The maximum Gasteiger partial charge on any atom is 0.203 e. The van der Waals surface area contributed by atoms with Crippen LogP contribution in [-0.2, 0) is 0 Å². The number of fused-ring (bicyclic) bond motifs is 1. The van der Waals surface area contributed by atoms with Gasteiger partial charge in [0.15, 0.2) is 28.6 Å². The minimum Gasteiger partial charge on any atom is -0.493 e. The molecule has 26 heavy (non-hydrogen) atoms. The van der Waals surface area contributed by atoms with Crippen LogP contribution in [0.4, 0.5) is 0 Å². The van der Waals surface area contributed by atoms with E-state index in [2.05, 4.69) is 5.32 Å². The van der Waals surface area contributed by atoms with E-state index in [-0.39, 0.29) is 0 Å². The second kappa shape index (κ2) is 8.19. The first kappa shape index (κ1) is 18.2. The van der Waals surface area contributed by atoms with Gasteiger partial charge in [-0.3, -0.25) is 0 Å². The van der Waals surface area contributed by atoms with Crippen LogP contribution >= 0.6 is 0 Å². The Kier molecular flexibility index (Phi) is 5.73. The molecular weight excluding hydrogens is 334 g/mol. The molecule has 1 aliphatic rings. The molecule has 2 aromatic rings. The van der Waals surface area contributed by atoms with E-state index in [0.717, 1.165) is 11.5 Å². The van der Waals surface area contributed by atoms with Crippen molar-refractivity contribution in [2.24, 2.45) is 0 Å².